The van der Waals surface area contributed by atoms with E-state index in [0.717, 1.165) is 17.4 Å². The van der Waals surface area contributed by atoms with Crippen molar-refractivity contribution >= 4 is 17.9 Å². The quantitative estimate of drug-likeness (QED) is 0.671. The van der Waals surface area contributed by atoms with E-state index in [4.69, 9.17) is 11.6 Å². The number of carbonyl (C=O) groups is 1. The van der Waals surface area contributed by atoms with E-state index >= 15 is 0 Å². The van der Waals surface area contributed by atoms with Gasteiger partial charge in [-0.05, 0) is 18.1 Å². The summed E-state index contributed by atoms with van der Waals surface area (Å²) in [7, 11) is 0. The minimum absolute atomic E-state index is 0.238. The van der Waals surface area contributed by atoms with Crippen LogP contribution in [0, 0.1) is 6.92 Å². The lowest BCUT2D eigenvalue weighted by atomic mass is 10.1. The number of carbonyl (C=O) groups excluding carboxylic acids is 1. The van der Waals surface area contributed by atoms with E-state index in [1.54, 1.807) is 0 Å². The number of nitrogens with zero attached hydrogens (tertiary/aromatic N) is 2. The highest BCUT2D eigenvalue weighted by molar-refractivity contribution is 6.31. The number of rotatable bonds is 4. The summed E-state index contributed by atoms with van der Waals surface area (Å²) in [6.07, 6.45) is 0.764. The zero-order valence-electron chi connectivity index (χ0n) is 12.2. The lowest BCUT2D eigenvalue weighted by Crippen LogP contribution is -2.07. The van der Waals surface area contributed by atoms with Crippen molar-refractivity contribution in [3.8, 4) is 11.4 Å². The first-order valence-corrected chi connectivity index (χ1v) is 7.39. The average Bonchev–Trinajstić information content (AvgIpc) is 2.86. The molecule has 3 rings (SSSR count). The molecule has 3 aromatic rings. The highest BCUT2D eigenvalue weighted by atomic mass is 35.5. The van der Waals surface area contributed by atoms with E-state index in [1.165, 1.54) is 5.56 Å². The normalized spacial score (nSPS) is 10.6. The molecule has 1 aromatic heterocycles. The Labute approximate surface area is 134 Å². The lowest BCUT2D eigenvalue weighted by Gasteiger charge is -2.11. The second-order valence-corrected chi connectivity index (χ2v) is 5.47. The summed E-state index contributed by atoms with van der Waals surface area (Å²) >= 11 is 6.14. The Kier molecular flexibility index (Phi) is 4.07. The van der Waals surface area contributed by atoms with E-state index in [0.29, 0.717) is 18.1 Å². The molecule has 0 amide bonds. The van der Waals surface area contributed by atoms with Gasteiger partial charge in [-0.15, -0.1) is 0 Å². The van der Waals surface area contributed by atoms with Gasteiger partial charge in [0.05, 0.1) is 6.54 Å². The summed E-state index contributed by atoms with van der Waals surface area (Å²) in [5, 5.41) is 0.238. The van der Waals surface area contributed by atoms with Gasteiger partial charge in [0.25, 0.3) is 0 Å². The molecule has 0 saturated carbocycles. The Morgan fingerprint density at radius 3 is 2.45 bits per heavy atom. The average molecular weight is 311 g/mol. The number of imidazole rings is 1. The molecular weight excluding hydrogens is 296 g/mol. The topological polar surface area (TPSA) is 34.9 Å². The van der Waals surface area contributed by atoms with Crippen LogP contribution in [-0.2, 0) is 6.54 Å². The highest BCUT2D eigenvalue weighted by Gasteiger charge is 2.17. The number of hydrogen-bond acceptors (Lipinski definition) is 2. The molecule has 0 atom stereocenters. The molecule has 0 unspecified atom stereocenters. The standard InChI is InChI=1S/C18H15ClN2O/c1-13-7-5-6-10-15(13)11-21-16(12-22)17(19)20-18(21)14-8-3-2-4-9-14/h2-10,12H,11H2,1H3. The van der Waals surface area contributed by atoms with Gasteiger partial charge in [0, 0.05) is 5.56 Å². The molecule has 0 saturated heterocycles. The largest absolute Gasteiger partial charge is 0.316 e. The predicted molar refractivity (Wildman–Crippen MR) is 88.3 cm³/mol. The second kappa shape index (κ2) is 6.16. The highest BCUT2D eigenvalue weighted by Crippen LogP contribution is 2.26. The van der Waals surface area contributed by atoms with E-state index in [1.807, 2.05) is 53.1 Å². The van der Waals surface area contributed by atoms with Crippen molar-refractivity contribution in [1.29, 1.82) is 0 Å². The van der Waals surface area contributed by atoms with Crippen molar-refractivity contribution in [3.05, 3.63) is 76.6 Å². The number of aromatic nitrogens is 2. The molecule has 1 heterocycles. The molecule has 0 N–H and O–H groups in total. The smallest absolute Gasteiger partial charge is 0.169 e. The monoisotopic (exact) mass is 310 g/mol. The molecule has 0 aliphatic rings. The molecule has 4 heteroatoms. The maximum atomic E-state index is 11.4. The second-order valence-electron chi connectivity index (χ2n) is 5.11. The van der Waals surface area contributed by atoms with Crippen molar-refractivity contribution in [2.45, 2.75) is 13.5 Å². The molecule has 110 valence electrons. The van der Waals surface area contributed by atoms with E-state index in [9.17, 15) is 4.79 Å². The summed E-state index contributed by atoms with van der Waals surface area (Å²) < 4.78 is 1.87. The third kappa shape index (κ3) is 2.68. The van der Waals surface area contributed by atoms with Crippen LogP contribution >= 0.6 is 11.6 Å². The summed E-state index contributed by atoms with van der Waals surface area (Å²) in [5.74, 6) is 0.705. The van der Waals surface area contributed by atoms with Crippen LogP contribution in [0.4, 0.5) is 0 Å². The van der Waals surface area contributed by atoms with Crippen LogP contribution in [-0.4, -0.2) is 15.8 Å². The Hall–Kier alpha value is -2.39. The molecular formula is C18H15ClN2O. The number of aldehydes is 1. The summed E-state index contributed by atoms with van der Waals surface area (Å²) in [6, 6.07) is 17.8. The summed E-state index contributed by atoms with van der Waals surface area (Å²) in [6.45, 7) is 2.61. The fourth-order valence-electron chi connectivity index (χ4n) is 2.47. The van der Waals surface area contributed by atoms with Crippen molar-refractivity contribution in [1.82, 2.24) is 9.55 Å². The Morgan fingerprint density at radius 2 is 1.77 bits per heavy atom. The molecule has 0 aliphatic heterocycles. The maximum absolute atomic E-state index is 11.4. The molecule has 0 fully saturated rings. The van der Waals surface area contributed by atoms with Gasteiger partial charge < -0.3 is 4.57 Å². The molecule has 22 heavy (non-hydrogen) atoms. The van der Waals surface area contributed by atoms with Crippen molar-refractivity contribution in [3.63, 3.8) is 0 Å². The summed E-state index contributed by atoms with van der Waals surface area (Å²) in [5.41, 5.74) is 3.65. The molecule has 3 nitrogen and oxygen atoms in total. The van der Waals surface area contributed by atoms with Crippen LogP contribution in [0.25, 0.3) is 11.4 Å². The first kappa shape index (κ1) is 14.5. The van der Waals surface area contributed by atoms with Gasteiger partial charge in [-0.1, -0.05) is 66.2 Å². The lowest BCUT2D eigenvalue weighted by molar-refractivity contribution is 0.111. The first-order valence-electron chi connectivity index (χ1n) is 7.02. The molecule has 2 aromatic carbocycles. The maximum Gasteiger partial charge on any atom is 0.169 e. The number of halogens is 1. The van der Waals surface area contributed by atoms with Crippen LogP contribution < -0.4 is 0 Å². The van der Waals surface area contributed by atoms with Gasteiger partial charge >= 0.3 is 0 Å². The van der Waals surface area contributed by atoms with E-state index in [-0.39, 0.29) is 5.15 Å². The van der Waals surface area contributed by atoms with Crippen LogP contribution in [0.3, 0.4) is 0 Å². The van der Waals surface area contributed by atoms with E-state index in [2.05, 4.69) is 18.0 Å². The van der Waals surface area contributed by atoms with Gasteiger partial charge in [0.1, 0.15) is 11.5 Å². The molecule has 0 aliphatic carbocycles. The van der Waals surface area contributed by atoms with Crippen molar-refractivity contribution in [2.24, 2.45) is 0 Å². The Balaban J connectivity index is 2.13. The van der Waals surface area contributed by atoms with Gasteiger partial charge in [-0.2, -0.15) is 0 Å². The van der Waals surface area contributed by atoms with Gasteiger partial charge in [0.2, 0.25) is 0 Å². The van der Waals surface area contributed by atoms with E-state index < -0.39 is 0 Å². The van der Waals surface area contributed by atoms with Gasteiger partial charge in [-0.3, -0.25) is 4.79 Å². The van der Waals surface area contributed by atoms with Gasteiger partial charge in [0.15, 0.2) is 11.4 Å². The minimum Gasteiger partial charge on any atom is -0.316 e. The molecule has 0 spiro atoms. The van der Waals surface area contributed by atoms with Crippen LogP contribution in [0.5, 0.6) is 0 Å². The third-order valence-corrected chi connectivity index (χ3v) is 3.97. The fourth-order valence-corrected chi connectivity index (χ4v) is 2.70. The van der Waals surface area contributed by atoms with Crippen molar-refractivity contribution in [2.75, 3.05) is 0 Å². The van der Waals surface area contributed by atoms with Crippen LogP contribution in [0.1, 0.15) is 21.6 Å². The number of hydrogen-bond donors (Lipinski definition) is 0. The minimum atomic E-state index is 0.238. The predicted octanol–water partition coefficient (Wildman–Crippen LogP) is 4.37. The number of benzene rings is 2. The first-order chi connectivity index (χ1) is 10.7. The molecule has 0 bridgehead atoms. The fraction of sp³-hybridized carbons (Fsp3) is 0.111. The Bertz CT molecular complexity index is 809. The van der Waals surface area contributed by atoms with Crippen LogP contribution in [0.2, 0.25) is 5.15 Å². The summed E-state index contributed by atoms with van der Waals surface area (Å²) in [4.78, 5) is 15.8. The zero-order valence-corrected chi connectivity index (χ0v) is 12.9. The van der Waals surface area contributed by atoms with Crippen LogP contribution in [0.15, 0.2) is 54.6 Å². The Morgan fingerprint density at radius 1 is 1.09 bits per heavy atom. The molecule has 0 radical (unpaired) electrons. The third-order valence-electron chi connectivity index (χ3n) is 3.70. The van der Waals surface area contributed by atoms with Crippen molar-refractivity contribution < 1.29 is 4.79 Å². The number of aryl methyl sites for hydroxylation is 1. The SMILES string of the molecule is Cc1ccccc1Cn1c(-c2ccccc2)nc(Cl)c1C=O. The zero-order chi connectivity index (χ0) is 15.5. The van der Waals surface area contributed by atoms with Gasteiger partial charge in [-0.25, -0.2) is 4.98 Å².